The highest BCUT2D eigenvalue weighted by Gasteiger charge is 2.14. The molecule has 1 heterocycles. The summed E-state index contributed by atoms with van der Waals surface area (Å²) in [5.74, 6) is 2.58. The van der Waals surface area contributed by atoms with E-state index < -0.39 is 0 Å². The van der Waals surface area contributed by atoms with Gasteiger partial charge in [0, 0.05) is 18.2 Å². The van der Waals surface area contributed by atoms with Crippen LogP contribution in [0.1, 0.15) is 53.0 Å². The van der Waals surface area contributed by atoms with Crippen molar-refractivity contribution in [3.05, 3.63) is 11.9 Å². The molecule has 0 aliphatic heterocycles. The summed E-state index contributed by atoms with van der Waals surface area (Å²) in [4.78, 5) is 8.77. The van der Waals surface area contributed by atoms with Crippen LogP contribution in [0.4, 0.5) is 11.6 Å². The summed E-state index contributed by atoms with van der Waals surface area (Å²) in [5.41, 5.74) is 1.19. The molecular formula is C15H28N4. The first-order chi connectivity index (χ1) is 9.13. The first-order valence-electron chi connectivity index (χ1n) is 7.48. The third-order valence-corrected chi connectivity index (χ3v) is 3.70. The van der Waals surface area contributed by atoms with E-state index in [-0.39, 0.29) is 0 Å². The zero-order chi connectivity index (χ0) is 14.3. The van der Waals surface area contributed by atoms with Gasteiger partial charge in [-0.2, -0.15) is 0 Å². The summed E-state index contributed by atoms with van der Waals surface area (Å²) in [6.45, 7) is 12.0. The topological polar surface area (TPSA) is 49.8 Å². The van der Waals surface area contributed by atoms with Gasteiger partial charge in [-0.25, -0.2) is 9.97 Å². The molecule has 0 radical (unpaired) electrons. The first-order valence-corrected chi connectivity index (χ1v) is 7.48. The SMILES string of the molecule is CCCNc1ncnc(NC(C)C(C)CC)c1CC. The zero-order valence-corrected chi connectivity index (χ0v) is 13.0. The lowest BCUT2D eigenvalue weighted by atomic mass is 10.0. The molecule has 4 heteroatoms. The van der Waals surface area contributed by atoms with Crippen molar-refractivity contribution >= 4 is 11.6 Å². The Bertz CT molecular complexity index is 378. The van der Waals surface area contributed by atoms with E-state index in [4.69, 9.17) is 0 Å². The standard InChI is InChI=1S/C15H28N4/c1-6-9-16-14-13(8-3)15(18-10-17-14)19-12(5)11(4)7-2/h10-12H,6-9H2,1-5H3,(H2,16,17,18,19). The minimum absolute atomic E-state index is 0.421. The third kappa shape index (κ3) is 4.37. The zero-order valence-electron chi connectivity index (χ0n) is 13.0. The van der Waals surface area contributed by atoms with E-state index in [1.54, 1.807) is 6.33 Å². The van der Waals surface area contributed by atoms with Crippen molar-refractivity contribution in [2.45, 2.75) is 59.9 Å². The van der Waals surface area contributed by atoms with Crippen molar-refractivity contribution < 1.29 is 0 Å². The van der Waals surface area contributed by atoms with Crippen LogP contribution in [0.5, 0.6) is 0 Å². The number of hydrogen-bond donors (Lipinski definition) is 2. The normalized spacial score (nSPS) is 13.9. The highest BCUT2D eigenvalue weighted by atomic mass is 15.1. The molecule has 0 aromatic carbocycles. The van der Waals surface area contributed by atoms with Crippen LogP contribution in [0, 0.1) is 5.92 Å². The molecule has 1 aromatic rings. The second-order valence-corrected chi connectivity index (χ2v) is 5.15. The maximum Gasteiger partial charge on any atom is 0.134 e. The Labute approximate surface area is 117 Å². The Morgan fingerprint density at radius 3 is 2.37 bits per heavy atom. The van der Waals surface area contributed by atoms with E-state index in [1.165, 1.54) is 12.0 Å². The van der Waals surface area contributed by atoms with E-state index in [0.717, 1.165) is 31.0 Å². The number of nitrogens with zero attached hydrogens (tertiary/aromatic N) is 2. The van der Waals surface area contributed by atoms with Crippen molar-refractivity contribution in [1.82, 2.24) is 9.97 Å². The fourth-order valence-electron chi connectivity index (χ4n) is 1.98. The van der Waals surface area contributed by atoms with Crippen LogP contribution in [0.25, 0.3) is 0 Å². The van der Waals surface area contributed by atoms with Crippen molar-refractivity contribution in [3.8, 4) is 0 Å². The molecule has 0 spiro atoms. The number of hydrogen-bond acceptors (Lipinski definition) is 4. The second kappa shape index (κ2) is 7.97. The molecule has 1 aromatic heterocycles. The van der Waals surface area contributed by atoms with Crippen molar-refractivity contribution in [3.63, 3.8) is 0 Å². The average molecular weight is 264 g/mol. The molecule has 1 rings (SSSR count). The number of aromatic nitrogens is 2. The van der Waals surface area contributed by atoms with Gasteiger partial charge in [-0.1, -0.05) is 34.1 Å². The summed E-state index contributed by atoms with van der Waals surface area (Å²) < 4.78 is 0. The molecule has 0 bridgehead atoms. The predicted octanol–water partition coefficient (Wildman–Crippen LogP) is 3.71. The second-order valence-electron chi connectivity index (χ2n) is 5.15. The molecule has 2 atom stereocenters. The summed E-state index contributed by atoms with van der Waals surface area (Å²) >= 11 is 0. The predicted molar refractivity (Wildman–Crippen MR) is 82.7 cm³/mol. The van der Waals surface area contributed by atoms with Gasteiger partial charge >= 0.3 is 0 Å². The molecule has 0 amide bonds. The lowest BCUT2D eigenvalue weighted by Gasteiger charge is -2.22. The monoisotopic (exact) mass is 264 g/mol. The molecule has 2 N–H and O–H groups in total. The maximum absolute atomic E-state index is 4.41. The van der Waals surface area contributed by atoms with Crippen molar-refractivity contribution in [2.24, 2.45) is 5.92 Å². The summed E-state index contributed by atoms with van der Waals surface area (Å²) in [6.07, 6.45) is 4.84. The van der Waals surface area contributed by atoms with Gasteiger partial charge in [0.15, 0.2) is 0 Å². The third-order valence-electron chi connectivity index (χ3n) is 3.70. The highest BCUT2D eigenvalue weighted by molar-refractivity contribution is 5.57. The van der Waals surface area contributed by atoms with E-state index in [2.05, 4.69) is 55.2 Å². The number of anilines is 2. The largest absolute Gasteiger partial charge is 0.370 e. The summed E-state index contributed by atoms with van der Waals surface area (Å²) in [5, 5.41) is 6.92. The van der Waals surface area contributed by atoms with Crippen LogP contribution in [0.2, 0.25) is 0 Å². The Morgan fingerprint density at radius 1 is 1.11 bits per heavy atom. The van der Waals surface area contributed by atoms with E-state index in [9.17, 15) is 0 Å². The number of rotatable bonds is 8. The molecule has 0 aliphatic carbocycles. The lowest BCUT2D eigenvalue weighted by molar-refractivity contribution is 0.493. The molecule has 0 fully saturated rings. The smallest absolute Gasteiger partial charge is 0.134 e. The van der Waals surface area contributed by atoms with E-state index in [1.807, 2.05) is 0 Å². The molecular weight excluding hydrogens is 236 g/mol. The van der Waals surface area contributed by atoms with E-state index in [0.29, 0.717) is 12.0 Å². The Morgan fingerprint density at radius 2 is 1.79 bits per heavy atom. The minimum atomic E-state index is 0.421. The molecule has 4 nitrogen and oxygen atoms in total. The Kier molecular flexibility index (Phi) is 6.60. The Balaban J connectivity index is 2.87. The van der Waals surface area contributed by atoms with Gasteiger partial charge in [0.05, 0.1) is 0 Å². The quantitative estimate of drug-likeness (QED) is 0.751. The van der Waals surface area contributed by atoms with Gasteiger partial charge in [-0.05, 0) is 25.7 Å². The maximum atomic E-state index is 4.41. The fourth-order valence-corrected chi connectivity index (χ4v) is 1.98. The first kappa shape index (κ1) is 15.7. The van der Waals surface area contributed by atoms with Crippen molar-refractivity contribution in [2.75, 3.05) is 17.2 Å². The van der Waals surface area contributed by atoms with Crippen molar-refractivity contribution in [1.29, 1.82) is 0 Å². The summed E-state index contributed by atoms with van der Waals surface area (Å²) in [6, 6.07) is 0.421. The summed E-state index contributed by atoms with van der Waals surface area (Å²) in [7, 11) is 0. The van der Waals surface area contributed by atoms with Crippen LogP contribution >= 0.6 is 0 Å². The van der Waals surface area contributed by atoms with E-state index >= 15 is 0 Å². The van der Waals surface area contributed by atoms with Crippen LogP contribution < -0.4 is 10.6 Å². The molecule has 0 saturated heterocycles. The van der Waals surface area contributed by atoms with Gasteiger partial charge in [-0.15, -0.1) is 0 Å². The fraction of sp³-hybridized carbons (Fsp3) is 0.733. The minimum Gasteiger partial charge on any atom is -0.370 e. The molecule has 19 heavy (non-hydrogen) atoms. The van der Waals surface area contributed by atoms with Gasteiger partial charge in [-0.3, -0.25) is 0 Å². The van der Waals surface area contributed by atoms with Crippen LogP contribution in [-0.2, 0) is 6.42 Å². The van der Waals surface area contributed by atoms with Crippen LogP contribution in [0.3, 0.4) is 0 Å². The van der Waals surface area contributed by atoms with Crippen LogP contribution in [-0.4, -0.2) is 22.6 Å². The number of nitrogens with one attached hydrogen (secondary N) is 2. The highest BCUT2D eigenvalue weighted by Crippen LogP contribution is 2.22. The van der Waals surface area contributed by atoms with Gasteiger partial charge in [0.2, 0.25) is 0 Å². The molecule has 108 valence electrons. The molecule has 2 unspecified atom stereocenters. The Hall–Kier alpha value is -1.32. The van der Waals surface area contributed by atoms with Gasteiger partial charge in [0.25, 0.3) is 0 Å². The molecule has 0 aliphatic rings. The molecule has 0 saturated carbocycles. The van der Waals surface area contributed by atoms with Crippen LogP contribution in [0.15, 0.2) is 6.33 Å². The average Bonchev–Trinajstić information content (AvgIpc) is 2.44. The lowest BCUT2D eigenvalue weighted by Crippen LogP contribution is -2.25. The van der Waals surface area contributed by atoms with Gasteiger partial charge < -0.3 is 10.6 Å². The van der Waals surface area contributed by atoms with Gasteiger partial charge in [0.1, 0.15) is 18.0 Å².